The van der Waals surface area contributed by atoms with Crippen molar-refractivity contribution in [2.75, 3.05) is 11.4 Å². The standard InChI is InChI=1S/C11H11ClFNO3S/c1-7-4-8(2-3-10(7)13)14-6-9(5-11(14)15)18(12,16)17/h2-4,9H,5-6H2,1H3. The van der Waals surface area contributed by atoms with Gasteiger partial charge in [-0.2, -0.15) is 0 Å². The van der Waals surface area contributed by atoms with Gasteiger partial charge in [-0.05, 0) is 30.7 Å². The summed E-state index contributed by atoms with van der Waals surface area (Å²) in [5, 5.41) is -0.906. The first-order chi connectivity index (χ1) is 8.29. The van der Waals surface area contributed by atoms with E-state index in [9.17, 15) is 17.6 Å². The maximum absolute atomic E-state index is 13.1. The van der Waals surface area contributed by atoms with Crippen LogP contribution in [0.5, 0.6) is 0 Å². The first-order valence-electron chi connectivity index (χ1n) is 5.29. The van der Waals surface area contributed by atoms with E-state index >= 15 is 0 Å². The predicted molar refractivity (Wildman–Crippen MR) is 66.7 cm³/mol. The second-order valence-corrected chi connectivity index (χ2v) is 7.15. The minimum absolute atomic E-state index is 0.00966. The van der Waals surface area contributed by atoms with Gasteiger partial charge < -0.3 is 4.90 Å². The number of carbonyl (C=O) groups is 1. The molecule has 1 aromatic rings. The summed E-state index contributed by atoms with van der Waals surface area (Å²) < 4.78 is 35.5. The quantitative estimate of drug-likeness (QED) is 0.781. The van der Waals surface area contributed by atoms with E-state index in [4.69, 9.17) is 10.7 Å². The number of nitrogens with zero attached hydrogens (tertiary/aromatic N) is 1. The van der Waals surface area contributed by atoms with Crippen LogP contribution in [0.3, 0.4) is 0 Å². The lowest BCUT2D eigenvalue weighted by atomic mass is 10.2. The molecule has 1 heterocycles. The van der Waals surface area contributed by atoms with Crippen LogP contribution >= 0.6 is 10.7 Å². The minimum atomic E-state index is -3.76. The van der Waals surface area contributed by atoms with Crippen LogP contribution in [0.1, 0.15) is 12.0 Å². The van der Waals surface area contributed by atoms with Crippen LogP contribution < -0.4 is 4.90 Å². The summed E-state index contributed by atoms with van der Waals surface area (Å²) in [6, 6.07) is 4.21. The van der Waals surface area contributed by atoms with Crippen molar-refractivity contribution < 1.29 is 17.6 Å². The van der Waals surface area contributed by atoms with Gasteiger partial charge in [0.1, 0.15) is 11.1 Å². The zero-order chi connectivity index (χ0) is 13.5. The van der Waals surface area contributed by atoms with Gasteiger partial charge in [0.2, 0.25) is 15.0 Å². The summed E-state index contributed by atoms with van der Waals surface area (Å²) in [4.78, 5) is 13.1. The summed E-state index contributed by atoms with van der Waals surface area (Å²) in [6.45, 7) is 1.59. The lowest BCUT2D eigenvalue weighted by Gasteiger charge is -2.16. The number of hydrogen-bond donors (Lipinski definition) is 0. The van der Waals surface area contributed by atoms with E-state index in [1.807, 2.05) is 0 Å². The van der Waals surface area contributed by atoms with Crippen LogP contribution in [0.25, 0.3) is 0 Å². The summed E-state index contributed by atoms with van der Waals surface area (Å²) >= 11 is 0. The van der Waals surface area contributed by atoms with Crippen LogP contribution in [0.4, 0.5) is 10.1 Å². The Kier molecular flexibility index (Phi) is 3.33. The molecule has 1 aliphatic heterocycles. The summed E-state index contributed by atoms with van der Waals surface area (Å²) in [6.07, 6.45) is -0.137. The van der Waals surface area contributed by atoms with E-state index in [2.05, 4.69) is 0 Å². The summed E-state index contributed by atoms with van der Waals surface area (Å²) in [5.41, 5.74) is 0.888. The number of carbonyl (C=O) groups excluding carboxylic acids is 1. The molecule has 0 saturated carbocycles. The normalized spacial score (nSPS) is 20.5. The molecule has 1 aromatic carbocycles. The Bertz CT molecular complexity index is 602. The van der Waals surface area contributed by atoms with Crippen molar-refractivity contribution in [2.45, 2.75) is 18.6 Å². The largest absolute Gasteiger partial charge is 0.311 e. The number of halogens is 2. The molecule has 0 spiro atoms. The maximum Gasteiger partial charge on any atom is 0.237 e. The molecule has 1 fully saturated rings. The van der Waals surface area contributed by atoms with Gasteiger partial charge in [0.25, 0.3) is 0 Å². The van der Waals surface area contributed by atoms with Crippen LogP contribution in [0, 0.1) is 12.7 Å². The molecule has 1 aliphatic rings. The topological polar surface area (TPSA) is 54.5 Å². The smallest absolute Gasteiger partial charge is 0.237 e. The fourth-order valence-corrected chi connectivity index (χ4v) is 2.94. The van der Waals surface area contributed by atoms with E-state index in [1.165, 1.54) is 23.1 Å². The third kappa shape index (κ3) is 2.49. The Morgan fingerprint density at radius 2 is 2.11 bits per heavy atom. The lowest BCUT2D eigenvalue weighted by molar-refractivity contribution is -0.117. The highest BCUT2D eigenvalue weighted by molar-refractivity contribution is 8.14. The third-order valence-corrected chi connectivity index (χ3v) is 4.81. The number of rotatable bonds is 2. The van der Waals surface area contributed by atoms with E-state index in [1.54, 1.807) is 6.92 Å². The van der Waals surface area contributed by atoms with Crippen molar-refractivity contribution in [1.82, 2.24) is 0 Å². The highest BCUT2D eigenvalue weighted by atomic mass is 35.7. The van der Waals surface area contributed by atoms with Crippen molar-refractivity contribution >= 4 is 31.3 Å². The lowest BCUT2D eigenvalue weighted by Crippen LogP contribution is -2.26. The molecule has 1 amide bonds. The number of benzene rings is 1. The van der Waals surface area contributed by atoms with Gasteiger partial charge in [-0.15, -0.1) is 0 Å². The molecule has 18 heavy (non-hydrogen) atoms. The second-order valence-electron chi connectivity index (χ2n) is 4.24. The number of hydrogen-bond acceptors (Lipinski definition) is 3. The van der Waals surface area contributed by atoms with Crippen LogP contribution in [0.2, 0.25) is 0 Å². The Labute approximate surface area is 109 Å². The first kappa shape index (κ1) is 13.3. The van der Waals surface area contributed by atoms with Gasteiger partial charge in [0.15, 0.2) is 0 Å². The average molecular weight is 292 g/mol. The van der Waals surface area contributed by atoms with Crippen LogP contribution in [-0.4, -0.2) is 26.1 Å². The Morgan fingerprint density at radius 1 is 1.44 bits per heavy atom. The van der Waals surface area contributed by atoms with Crippen molar-refractivity contribution in [3.63, 3.8) is 0 Å². The molecule has 1 atom stereocenters. The minimum Gasteiger partial charge on any atom is -0.311 e. The molecular formula is C11H11ClFNO3S. The van der Waals surface area contributed by atoms with Crippen molar-refractivity contribution in [3.8, 4) is 0 Å². The molecule has 1 unspecified atom stereocenters. The van der Waals surface area contributed by atoms with Gasteiger partial charge in [0.05, 0.1) is 0 Å². The van der Waals surface area contributed by atoms with Crippen molar-refractivity contribution in [3.05, 3.63) is 29.6 Å². The summed E-state index contributed by atoms with van der Waals surface area (Å²) in [7, 11) is 1.49. The zero-order valence-electron chi connectivity index (χ0n) is 9.56. The maximum atomic E-state index is 13.1. The SMILES string of the molecule is Cc1cc(N2CC(S(=O)(=O)Cl)CC2=O)ccc1F. The number of aryl methyl sites for hydroxylation is 1. The van der Waals surface area contributed by atoms with E-state index in [-0.39, 0.29) is 24.7 Å². The molecular weight excluding hydrogens is 281 g/mol. The van der Waals surface area contributed by atoms with E-state index in [0.29, 0.717) is 11.3 Å². The van der Waals surface area contributed by atoms with Gasteiger partial charge >= 0.3 is 0 Å². The highest BCUT2D eigenvalue weighted by Gasteiger charge is 2.38. The van der Waals surface area contributed by atoms with Gasteiger partial charge in [0, 0.05) is 29.3 Å². The van der Waals surface area contributed by atoms with Gasteiger partial charge in [-0.1, -0.05) is 0 Å². The molecule has 98 valence electrons. The van der Waals surface area contributed by atoms with Crippen molar-refractivity contribution in [1.29, 1.82) is 0 Å². The molecule has 2 rings (SSSR count). The molecule has 0 aliphatic carbocycles. The molecule has 0 bridgehead atoms. The predicted octanol–water partition coefficient (Wildman–Crippen LogP) is 1.81. The van der Waals surface area contributed by atoms with E-state index in [0.717, 1.165) is 0 Å². The molecule has 7 heteroatoms. The number of anilines is 1. The van der Waals surface area contributed by atoms with Gasteiger partial charge in [-0.3, -0.25) is 4.79 Å². The van der Waals surface area contributed by atoms with Gasteiger partial charge in [-0.25, -0.2) is 12.8 Å². The fourth-order valence-electron chi connectivity index (χ4n) is 1.91. The number of amides is 1. The Hall–Kier alpha value is -1.14. The van der Waals surface area contributed by atoms with Crippen molar-refractivity contribution in [2.24, 2.45) is 0 Å². The first-order valence-corrected chi connectivity index (χ1v) is 7.66. The highest BCUT2D eigenvalue weighted by Crippen LogP contribution is 2.27. The fraction of sp³-hybridized carbons (Fsp3) is 0.364. The average Bonchev–Trinajstić information content (AvgIpc) is 2.64. The van der Waals surface area contributed by atoms with Crippen LogP contribution in [0.15, 0.2) is 18.2 Å². The van der Waals surface area contributed by atoms with Crippen LogP contribution in [-0.2, 0) is 13.8 Å². The zero-order valence-corrected chi connectivity index (χ0v) is 11.1. The molecule has 0 N–H and O–H groups in total. The molecule has 4 nitrogen and oxygen atoms in total. The molecule has 1 saturated heterocycles. The van der Waals surface area contributed by atoms with E-state index < -0.39 is 14.3 Å². The Morgan fingerprint density at radius 3 is 2.61 bits per heavy atom. The summed E-state index contributed by atoms with van der Waals surface area (Å²) in [5.74, 6) is -0.692. The molecule has 0 aromatic heterocycles. The molecule has 0 radical (unpaired) electrons. The Balaban J connectivity index is 2.30. The monoisotopic (exact) mass is 291 g/mol. The second kappa shape index (κ2) is 4.51. The third-order valence-electron chi connectivity index (χ3n) is 2.94.